The number of benzene rings is 2. The van der Waals surface area contributed by atoms with Crippen LogP contribution in [0.1, 0.15) is 59.9 Å². The van der Waals surface area contributed by atoms with Gasteiger partial charge in [-0.3, -0.25) is 23.9 Å². The molecule has 3 amide bonds. The molecule has 8 rings (SSSR count). The average Bonchev–Trinajstić information content (AvgIpc) is 4.08. The number of alkyl halides is 6. The number of carboxylic acid groups (broad SMARTS) is 2. The van der Waals surface area contributed by atoms with Crippen LogP contribution in [0.4, 0.5) is 38.0 Å². The number of carbonyl (C=O) groups excluding carboxylic acids is 3. The first-order valence-corrected chi connectivity index (χ1v) is 19.7. The van der Waals surface area contributed by atoms with Crippen molar-refractivity contribution in [2.45, 2.75) is 68.0 Å². The molecule has 3 aromatic heterocycles. The molecule has 2 aromatic carbocycles. The minimum Gasteiger partial charge on any atom is -0.475 e. The van der Waals surface area contributed by atoms with Gasteiger partial charge in [0.2, 0.25) is 11.9 Å². The molecule has 0 bridgehead atoms. The van der Waals surface area contributed by atoms with Gasteiger partial charge in [0.25, 0.3) is 11.8 Å². The Kier molecular flexibility index (Phi) is 12.8. The van der Waals surface area contributed by atoms with Crippen molar-refractivity contribution in [3.05, 3.63) is 112 Å². The molecular weight excluding hydrogens is 915 g/mol. The lowest BCUT2D eigenvalue weighted by Crippen LogP contribution is -2.52. The molecule has 0 unspecified atom stereocenters. The quantitative estimate of drug-likeness (QED) is 0.112. The first kappa shape index (κ1) is 47.5. The maximum Gasteiger partial charge on any atom is 0.490 e. The molecule has 3 aliphatic rings. The molecule has 0 spiro atoms. The Morgan fingerprint density at radius 2 is 1.43 bits per heavy atom. The van der Waals surface area contributed by atoms with Crippen molar-refractivity contribution in [3.8, 4) is 17.3 Å². The average molecular weight is 949 g/mol. The number of amides is 3. The molecule has 16 nitrogen and oxygen atoms in total. The Hall–Kier alpha value is -6.99. The minimum atomic E-state index is -5.08. The molecule has 0 radical (unpaired) electrons. The van der Waals surface area contributed by atoms with Crippen molar-refractivity contribution in [3.63, 3.8) is 0 Å². The Morgan fingerprint density at radius 1 is 0.846 bits per heavy atom. The number of anilines is 2. The summed E-state index contributed by atoms with van der Waals surface area (Å²) < 4.78 is 67.0. The number of halogens is 8. The number of hydrogen-bond donors (Lipinski definition) is 4. The van der Waals surface area contributed by atoms with Gasteiger partial charge < -0.3 is 25.4 Å². The number of hydrogen-bond acceptors (Lipinski definition) is 9. The van der Waals surface area contributed by atoms with E-state index in [1.165, 1.54) is 11.1 Å². The first-order chi connectivity index (χ1) is 30.3. The molecule has 0 saturated heterocycles. The van der Waals surface area contributed by atoms with Crippen LogP contribution in [0.15, 0.2) is 79.5 Å². The van der Waals surface area contributed by atoms with E-state index in [0.29, 0.717) is 34.1 Å². The van der Waals surface area contributed by atoms with Crippen molar-refractivity contribution in [2.24, 2.45) is 7.05 Å². The van der Waals surface area contributed by atoms with Gasteiger partial charge in [0.05, 0.1) is 53.0 Å². The SMILES string of the molecule is Cn1cncc1-c1ccc(C2(NC(=O)C3(NC(=O)c4cnc5n4[C@](C)(Cc4ccc(C#N)cc4)C(=O)N5c4cc(Cl)cc(Cl)c4)CC3)CC2)nc1.O=C(O)C(F)(F)F.O=C(O)C(F)(F)F. The summed E-state index contributed by atoms with van der Waals surface area (Å²) in [5.74, 6) is -6.46. The zero-order valence-corrected chi connectivity index (χ0v) is 35.1. The van der Waals surface area contributed by atoms with E-state index >= 15 is 0 Å². The largest absolute Gasteiger partial charge is 0.490 e. The van der Waals surface area contributed by atoms with Crippen LogP contribution in [0.2, 0.25) is 10.0 Å². The van der Waals surface area contributed by atoms with Crippen LogP contribution in [-0.2, 0) is 43.7 Å². The van der Waals surface area contributed by atoms with Crippen LogP contribution in [0.25, 0.3) is 11.3 Å². The Bertz CT molecular complexity index is 2680. The fourth-order valence-corrected chi connectivity index (χ4v) is 7.42. The van der Waals surface area contributed by atoms with Gasteiger partial charge in [0.1, 0.15) is 16.8 Å². The van der Waals surface area contributed by atoms with Crippen LogP contribution in [0.3, 0.4) is 0 Å². The molecule has 1 aliphatic heterocycles. The molecule has 5 aromatic rings. The number of carbonyl (C=O) groups is 5. The highest BCUT2D eigenvalue weighted by Crippen LogP contribution is 2.48. The molecular formula is C41H33Cl2F6N9O7. The summed E-state index contributed by atoms with van der Waals surface area (Å²) in [5.41, 5.74) is 1.36. The summed E-state index contributed by atoms with van der Waals surface area (Å²) in [6, 6.07) is 17.7. The second-order valence-corrected chi connectivity index (χ2v) is 16.2. The van der Waals surface area contributed by atoms with Gasteiger partial charge >= 0.3 is 24.3 Å². The second-order valence-electron chi connectivity index (χ2n) is 15.3. The number of nitrogens with one attached hydrogen (secondary N) is 2. The van der Waals surface area contributed by atoms with E-state index in [9.17, 15) is 46.0 Å². The number of fused-ring (bicyclic) bond motifs is 1. The van der Waals surface area contributed by atoms with E-state index in [2.05, 4.69) is 26.7 Å². The molecule has 2 saturated carbocycles. The van der Waals surface area contributed by atoms with Gasteiger partial charge in [0.15, 0.2) is 0 Å². The standard InChI is InChI=1S/C37H31Cl2N9O3.2C2HF3O2/c1-35(16-22-3-5-23(17-40)6-4-22)33(51)47(27-14-25(38)13-26(39)15-27)34-43-20-29(48(34)35)31(49)44-37(11-12-37)32(50)45-36(9-10-36)30-8-7-24(18-42-30)28-19-41-21-46(28)2;2*3-2(4,5)1(6)7/h3-8,13-15,18-21H,9-12,16H2,1-2H3,(H,44,49)(H,45,50);2*(H,6,7)/t35-;;/m1../s1. The second kappa shape index (κ2) is 17.5. The van der Waals surface area contributed by atoms with Gasteiger partial charge in [-0.05, 0) is 80.6 Å². The normalized spacial score (nSPS) is 17.6. The Labute approximate surface area is 373 Å². The summed E-state index contributed by atoms with van der Waals surface area (Å²) in [6.07, 6.45) is -0.893. The van der Waals surface area contributed by atoms with Crippen molar-refractivity contribution in [1.82, 2.24) is 34.7 Å². The molecule has 24 heteroatoms. The van der Waals surface area contributed by atoms with E-state index in [1.807, 2.05) is 23.7 Å². The molecule has 65 heavy (non-hydrogen) atoms. The molecule has 4 heterocycles. The number of imidazole rings is 2. The number of carboxylic acids is 2. The molecule has 2 aliphatic carbocycles. The Balaban J connectivity index is 0.000000435. The number of aliphatic carboxylic acids is 2. The lowest BCUT2D eigenvalue weighted by molar-refractivity contribution is -0.193. The van der Waals surface area contributed by atoms with Crippen LogP contribution in [0, 0.1) is 11.3 Å². The third kappa shape index (κ3) is 10.1. The van der Waals surface area contributed by atoms with Crippen LogP contribution >= 0.6 is 23.2 Å². The molecule has 1 atom stereocenters. The monoisotopic (exact) mass is 947 g/mol. The van der Waals surface area contributed by atoms with Crippen LogP contribution in [-0.4, -0.2) is 81.9 Å². The fraction of sp³-hybridized carbons (Fsp3) is 0.293. The molecule has 340 valence electrons. The van der Waals surface area contributed by atoms with E-state index in [4.69, 9.17) is 48.0 Å². The predicted molar refractivity (Wildman–Crippen MR) is 217 cm³/mol. The maximum absolute atomic E-state index is 14.4. The van der Waals surface area contributed by atoms with Gasteiger partial charge in [0, 0.05) is 35.3 Å². The summed E-state index contributed by atoms with van der Waals surface area (Å²) in [4.78, 5) is 75.0. The van der Waals surface area contributed by atoms with E-state index in [1.54, 1.807) is 72.7 Å². The number of nitrogens with zero attached hydrogens (tertiary/aromatic N) is 7. The topological polar surface area (TPSA) is 225 Å². The zero-order valence-electron chi connectivity index (χ0n) is 33.6. The molecule has 2 fully saturated rings. The number of rotatable bonds is 9. The highest BCUT2D eigenvalue weighted by molar-refractivity contribution is 6.35. The van der Waals surface area contributed by atoms with Crippen molar-refractivity contribution < 1.29 is 60.5 Å². The number of pyridine rings is 1. The summed E-state index contributed by atoms with van der Waals surface area (Å²) >= 11 is 12.7. The third-order valence-electron chi connectivity index (χ3n) is 10.6. The maximum atomic E-state index is 14.4. The lowest BCUT2D eigenvalue weighted by atomic mass is 9.91. The summed E-state index contributed by atoms with van der Waals surface area (Å²) in [6.45, 7) is 1.74. The highest BCUT2D eigenvalue weighted by Gasteiger charge is 2.57. The number of aryl methyl sites for hydroxylation is 1. The van der Waals surface area contributed by atoms with E-state index in [-0.39, 0.29) is 29.9 Å². The predicted octanol–water partition coefficient (Wildman–Crippen LogP) is 6.83. The van der Waals surface area contributed by atoms with Gasteiger partial charge in [-0.2, -0.15) is 31.6 Å². The summed E-state index contributed by atoms with van der Waals surface area (Å²) in [7, 11) is 1.92. The van der Waals surface area contributed by atoms with E-state index in [0.717, 1.165) is 35.4 Å². The van der Waals surface area contributed by atoms with Gasteiger partial charge in [-0.15, -0.1) is 0 Å². The highest BCUT2D eigenvalue weighted by atomic mass is 35.5. The number of nitriles is 1. The lowest BCUT2D eigenvalue weighted by Gasteiger charge is -2.27. The molecule has 4 N–H and O–H groups in total. The zero-order chi connectivity index (χ0) is 47.9. The fourth-order valence-electron chi connectivity index (χ4n) is 6.91. The van der Waals surface area contributed by atoms with Crippen molar-refractivity contribution >= 4 is 64.5 Å². The third-order valence-corrected chi connectivity index (χ3v) is 11.0. The number of aromatic nitrogens is 5. The first-order valence-electron chi connectivity index (χ1n) is 18.9. The van der Waals surface area contributed by atoms with Gasteiger partial charge in [-0.1, -0.05) is 35.3 Å². The van der Waals surface area contributed by atoms with Crippen LogP contribution in [0.5, 0.6) is 0 Å². The Morgan fingerprint density at radius 3 is 1.89 bits per heavy atom. The smallest absolute Gasteiger partial charge is 0.475 e. The van der Waals surface area contributed by atoms with Crippen molar-refractivity contribution in [2.75, 3.05) is 4.90 Å². The van der Waals surface area contributed by atoms with E-state index < -0.39 is 46.8 Å². The summed E-state index contributed by atoms with van der Waals surface area (Å²) in [5, 5.41) is 30.4. The van der Waals surface area contributed by atoms with Gasteiger partial charge in [-0.25, -0.2) is 24.5 Å². The minimum absolute atomic E-state index is 0.123. The van der Waals surface area contributed by atoms with Crippen molar-refractivity contribution in [1.29, 1.82) is 5.26 Å². The van der Waals surface area contributed by atoms with Crippen LogP contribution < -0.4 is 15.5 Å².